The van der Waals surface area contributed by atoms with E-state index in [0.29, 0.717) is 5.56 Å². The molecule has 0 aliphatic rings. The quantitative estimate of drug-likeness (QED) is 0.850. The fraction of sp³-hybridized carbons (Fsp3) is 0.133. The molecule has 5 nitrogen and oxygen atoms in total. The van der Waals surface area contributed by atoms with Gasteiger partial charge in [0.1, 0.15) is 5.15 Å². The van der Waals surface area contributed by atoms with Gasteiger partial charge in [-0.3, -0.25) is 4.79 Å². The first-order valence-corrected chi connectivity index (χ1v) is 6.55. The zero-order valence-electron chi connectivity index (χ0n) is 11.2. The Bertz CT molecular complexity index is 676. The Labute approximate surface area is 126 Å². The van der Waals surface area contributed by atoms with Crippen molar-refractivity contribution in [1.82, 2.24) is 10.3 Å². The predicted molar refractivity (Wildman–Crippen MR) is 78.1 cm³/mol. The number of benzene rings is 1. The van der Waals surface area contributed by atoms with Gasteiger partial charge >= 0.3 is 5.97 Å². The van der Waals surface area contributed by atoms with Crippen molar-refractivity contribution in [3.8, 4) is 0 Å². The van der Waals surface area contributed by atoms with Crippen molar-refractivity contribution >= 4 is 23.5 Å². The number of carbonyl (C=O) groups is 2. The molecule has 2 aromatic rings. The number of hydrogen-bond donors (Lipinski definition) is 2. The molecule has 21 heavy (non-hydrogen) atoms. The third-order valence-corrected chi connectivity index (χ3v) is 3.45. The van der Waals surface area contributed by atoms with Gasteiger partial charge < -0.3 is 10.4 Å². The zero-order chi connectivity index (χ0) is 15.5. The van der Waals surface area contributed by atoms with Crippen molar-refractivity contribution in [1.29, 1.82) is 0 Å². The van der Waals surface area contributed by atoms with E-state index >= 15 is 0 Å². The van der Waals surface area contributed by atoms with E-state index in [1.165, 1.54) is 19.2 Å². The van der Waals surface area contributed by atoms with Crippen LogP contribution >= 0.6 is 11.6 Å². The number of rotatable bonds is 4. The molecule has 108 valence electrons. The molecule has 0 radical (unpaired) electrons. The Kier molecular flexibility index (Phi) is 4.23. The van der Waals surface area contributed by atoms with Crippen LogP contribution in [0, 0.1) is 0 Å². The third-order valence-electron chi connectivity index (χ3n) is 3.15. The van der Waals surface area contributed by atoms with Crippen LogP contribution in [-0.2, 0) is 10.3 Å². The lowest BCUT2D eigenvalue weighted by Crippen LogP contribution is -2.49. The van der Waals surface area contributed by atoms with Crippen LogP contribution in [0.5, 0.6) is 0 Å². The molecule has 0 aliphatic carbocycles. The fourth-order valence-corrected chi connectivity index (χ4v) is 2.08. The maximum absolute atomic E-state index is 12.3. The van der Waals surface area contributed by atoms with Gasteiger partial charge in [0.05, 0.1) is 5.56 Å². The number of halogens is 1. The molecule has 0 saturated heterocycles. The molecule has 0 saturated carbocycles. The van der Waals surface area contributed by atoms with Crippen molar-refractivity contribution in [2.45, 2.75) is 12.5 Å². The largest absolute Gasteiger partial charge is 0.479 e. The van der Waals surface area contributed by atoms with Crippen molar-refractivity contribution in [3.63, 3.8) is 0 Å². The standard InChI is InChI=1S/C15H13ClN2O3/c1-15(14(20)21,10-6-3-2-4-7-10)18-13(19)11-8-5-9-17-12(11)16/h2-9H,1H3,(H,18,19)(H,20,21). The van der Waals surface area contributed by atoms with Gasteiger partial charge in [-0.1, -0.05) is 41.9 Å². The molecule has 0 aliphatic heterocycles. The van der Waals surface area contributed by atoms with Gasteiger partial charge in [-0.15, -0.1) is 0 Å². The zero-order valence-corrected chi connectivity index (χ0v) is 12.0. The number of amides is 1. The second kappa shape index (κ2) is 5.93. The smallest absolute Gasteiger partial charge is 0.333 e. The van der Waals surface area contributed by atoms with Gasteiger partial charge in [-0.05, 0) is 24.6 Å². The second-order valence-electron chi connectivity index (χ2n) is 4.59. The predicted octanol–water partition coefficient (Wildman–Crippen LogP) is 2.46. The molecule has 0 bridgehead atoms. The van der Waals surface area contributed by atoms with Gasteiger partial charge in [0.15, 0.2) is 5.54 Å². The molecule has 1 atom stereocenters. The number of aromatic nitrogens is 1. The summed E-state index contributed by atoms with van der Waals surface area (Å²) in [5.41, 5.74) is -0.967. The Morgan fingerprint density at radius 1 is 1.19 bits per heavy atom. The summed E-state index contributed by atoms with van der Waals surface area (Å²) in [4.78, 5) is 27.7. The Morgan fingerprint density at radius 3 is 2.43 bits per heavy atom. The number of nitrogens with one attached hydrogen (secondary N) is 1. The van der Waals surface area contributed by atoms with Crippen LogP contribution in [0.3, 0.4) is 0 Å². The summed E-state index contributed by atoms with van der Waals surface area (Å²) < 4.78 is 0. The molecular weight excluding hydrogens is 292 g/mol. The number of aliphatic carboxylic acids is 1. The molecule has 0 fully saturated rings. The van der Waals surface area contributed by atoms with Gasteiger partial charge in [0.2, 0.25) is 0 Å². The minimum absolute atomic E-state index is 0.0239. The van der Waals surface area contributed by atoms with E-state index in [9.17, 15) is 14.7 Å². The summed E-state index contributed by atoms with van der Waals surface area (Å²) in [6, 6.07) is 11.5. The highest BCUT2D eigenvalue weighted by Gasteiger charge is 2.37. The SMILES string of the molecule is CC(NC(=O)c1cccnc1Cl)(C(=O)O)c1ccccc1. The van der Waals surface area contributed by atoms with Crippen LogP contribution in [-0.4, -0.2) is 22.0 Å². The number of carboxylic acids is 1. The number of pyridine rings is 1. The van der Waals surface area contributed by atoms with E-state index in [-0.39, 0.29) is 10.7 Å². The monoisotopic (exact) mass is 304 g/mol. The minimum atomic E-state index is -1.56. The fourth-order valence-electron chi connectivity index (χ4n) is 1.87. The third kappa shape index (κ3) is 3.03. The Hall–Kier alpha value is -2.40. The minimum Gasteiger partial charge on any atom is -0.479 e. The average Bonchev–Trinajstić information content (AvgIpc) is 2.48. The van der Waals surface area contributed by atoms with E-state index in [1.54, 1.807) is 36.4 Å². The molecule has 2 N–H and O–H groups in total. The van der Waals surface area contributed by atoms with Crippen LogP contribution in [0.4, 0.5) is 0 Å². The normalized spacial score (nSPS) is 13.2. The first-order chi connectivity index (χ1) is 9.95. The maximum atomic E-state index is 12.3. The molecule has 6 heteroatoms. The van der Waals surface area contributed by atoms with Crippen LogP contribution < -0.4 is 5.32 Å². The highest BCUT2D eigenvalue weighted by Crippen LogP contribution is 2.22. The van der Waals surface area contributed by atoms with Gasteiger partial charge in [0.25, 0.3) is 5.91 Å². The van der Waals surface area contributed by atoms with Gasteiger partial charge in [0, 0.05) is 6.20 Å². The van der Waals surface area contributed by atoms with E-state index in [1.807, 2.05) is 0 Å². The second-order valence-corrected chi connectivity index (χ2v) is 4.95. The molecule has 1 aromatic carbocycles. The summed E-state index contributed by atoms with van der Waals surface area (Å²) in [5, 5.41) is 12.0. The van der Waals surface area contributed by atoms with Crippen molar-refractivity contribution in [2.75, 3.05) is 0 Å². The summed E-state index contributed by atoms with van der Waals surface area (Å²) in [5.74, 6) is -1.76. The lowest BCUT2D eigenvalue weighted by molar-refractivity contribution is -0.144. The summed E-state index contributed by atoms with van der Waals surface area (Å²) in [7, 11) is 0. The number of nitrogens with zero attached hydrogens (tertiary/aromatic N) is 1. The molecule has 1 heterocycles. The van der Waals surface area contributed by atoms with Crippen LogP contribution in [0.25, 0.3) is 0 Å². The van der Waals surface area contributed by atoms with Gasteiger partial charge in [-0.2, -0.15) is 0 Å². The van der Waals surface area contributed by atoms with Crippen LogP contribution in [0.15, 0.2) is 48.7 Å². The summed E-state index contributed by atoms with van der Waals surface area (Å²) >= 11 is 5.85. The first-order valence-electron chi connectivity index (χ1n) is 6.17. The average molecular weight is 305 g/mol. The number of carbonyl (C=O) groups excluding carboxylic acids is 1. The number of carboxylic acid groups (broad SMARTS) is 1. The lowest BCUT2D eigenvalue weighted by atomic mass is 9.91. The lowest BCUT2D eigenvalue weighted by Gasteiger charge is -2.26. The van der Waals surface area contributed by atoms with Crippen LogP contribution in [0.1, 0.15) is 22.8 Å². The highest BCUT2D eigenvalue weighted by atomic mass is 35.5. The molecule has 1 aromatic heterocycles. The Morgan fingerprint density at radius 2 is 1.86 bits per heavy atom. The van der Waals surface area contributed by atoms with Crippen molar-refractivity contribution in [2.24, 2.45) is 0 Å². The highest BCUT2D eigenvalue weighted by molar-refractivity contribution is 6.32. The van der Waals surface area contributed by atoms with E-state index < -0.39 is 17.4 Å². The molecule has 1 unspecified atom stereocenters. The topological polar surface area (TPSA) is 79.3 Å². The summed E-state index contributed by atoms with van der Waals surface area (Å²) in [6.07, 6.45) is 1.45. The number of hydrogen-bond acceptors (Lipinski definition) is 3. The van der Waals surface area contributed by atoms with Crippen molar-refractivity contribution < 1.29 is 14.7 Å². The maximum Gasteiger partial charge on any atom is 0.333 e. The van der Waals surface area contributed by atoms with Gasteiger partial charge in [-0.25, -0.2) is 9.78 Å². The van der Waals surface area contributed by atoms with E-state index in [2.05, 4.69) is 10.3 Å². The Balaban J connectivity index is 2.36. The van der Waals surface area contributed by atoms with E-state index in [4.69, 9.17) is 11.6 Å². The first kappa shape index (κ1) is 15.0. The van der Waals surface area contributed by atoms with Crippen LogP contribution in [0.2, 0.25) is 5.15 Å². The molecule has 2 rings (SSSR count). The van der Waals surface area contributed by atoms with E-state index in [0.717, 1.165) is 0 Å². The van der Waals surface area contributed by atoms with Crippen molar-refractivity contribution in [3.05, 3.63) is 64.9 Å². The molecular formula is C15H13ClN2O3. The summed E-state index contributed by atoms with van der Waals surface area (Å²) in [6.45, 7) is 1.42. The molecule has 1 amide bonds. The molecule has 0 spiro atoms.